The monoisotopic (exact) mass is 476 g/mol. The summed E-state index contributed by atoms with van der Waals surface area (Å²) in [5.74, 6) is 1.34. The number of amides is 2. The summed E-state index contributed by atoms with van der Waals surface area (Å²) in [5.41, 5.74) is 2.44. The van der Waals surface area contributed by atoms with Gasteiger partial charge in [0.2, 0.25) is 5.91 Å². The first-order valence-electron chi connectivity index (χ1n) is 12.5. The average Bonchev–Trinajstić information content (AvgIpc) is 3.37. The molecule has 3 aromatic rings. The molecule has 0 atom stereocenters. The molecular formula is C27H32N4O4. The second-order valence-electron chi connectivity index (χ2n) is 9.39. The van der Waals surface area contributed by atoms with Crippen LogP contribution in [-0.2, 0) is 16.1 Å². The lowest BCUT2D eigenvalue weighted by Crippen LogP contribution is -2.42. The zero-order valence-corrected chi connectivity index (χ0v) is 19.9. The van der Waals surface area contributed by atoms with Crippen LogP contribution < -0.4 is 10.1 Å². The van der Waals surface area contributed by atoms with Crippen molar-refractivity contribution in [1.82, 2.24) is 19.6 Å². The van der Waals surface area contributed by atoms with E-state index in [1.807, 2.05) is 46.0 Å². The maximum Gasteiger partial charge on any atom is 0.251 e. The van der Waals surface area contributed by atoms with Gasteiger partial charge in [0.15, 0.2) is 0 Å². The lowest BCUT2D eigenvalue weighted by atomic mass is 9.95. The fourth-order valence-corrected chi connectivity index (χ4v) is 4.77. The van der Waals surface area contributed by atoms with Crippen molar-refractivity contribution in [1.29, 1.82) is 0 Å². The van der Waals surface area contributed by atoms with Gasteiger partial charge in [-0.2, -0.15) is 0 Å². The van der Waals surface area contributed by atoms with Gasteiger partial charge < -0.3 is 24.1 Å². The highest BCUT2D eigenvalue weighted by Crippen LogP contribution is 2.23. The molecule has 35 heavy (non-hydrogen) atoms. The Balaban J connectivity index is 1.06. The van der Waals surface area contributed by atoms with Gasteiger partial charge in [-0.15, -0.1) is 0 Å². The van der Waals surface area contributed by atoms with Crippen LogP contribution in [0.1, 0.15) is 48.0 Å². The van der Waals surface area contributed by atoms with E-state index < -0.39 is 0 Å². The molecule has 1 aromatic carbocycles. The highest BCUT2D eigenvalue weighted by atomic mass is 16.5. The molecular weight excluding hydrogens is 444 g/mol. The zero-order valence-electron chi connectivity index (χ0n) is 19.9. The molecule has 0 spiro atoms. The van der Waals surface area contributed by atoms with Crippen LogP contribution in [-0.4, -0.2) is 58.5 Å². The number of likely N-dealkylation sites (tertiary alicyclic amines) is 1. The van der Waals surface area contributed by atoms with Gasteiger partial charge >= 0.3 is 0 Å². The molecule has 0 bridgehead atoms. The summed E-state index contributed by atoms with van der Waals surface area (Å²) in [4.78, 5) is 31.4. The zero-order chi connectivity index (χ0) is 24.0. The van der Waals surface area contributed by atoms with E-state index in [1.54, 1.807) is 18.3 Å². The molecule has 2 aromatic heterocycles. The second-order valence-corrected chi connectivity index (χ2v) is 9.39. The number of piperidine rings is 1. The van der Waals surface area contributed by atoms with Gasteiger partial charge in [-0.1, -0.05) is 0 Å². The van der Waals surface area contributed by atoms with Gasteiger partial charge in [0.1, 0.15) is 17.5 Å². The summed E-state index contributed by atoms with van der Waals surface area (Å²) >= 11 is 0. The molecule has 2 aliphatic rings. The number of fused-ring (bicyclic) bond motifs is 1. The van der Waals surface area contributed by atoms with Gasteiger partial charge in [0.05, 0.1) is 0 Å². The number of hydrogen-bond acceptors (Lipinski definition) is 5. The fraction of sp³-hybridized carbons (Fsp3) is 0.444. The predicted octanol–water partition coefficient (Wildman–Crippen LogP) is 3.45. The first-order chi connectivity index (χ1) is 17.1. The summed E-state index contributed by atoms with van der Waals surface area (Å²) in [6.07, 6.45) is 9.90. The molecule has 0 aliphatic carbocycles. The third-order valence-corrected chi connectivity index (χ3v) is 6.93. The number of rotatable bonds is 7. The maximum absolute atomic E-state index is 12.6. The highest BCUT2D eigenvalue weighted by molar-refractivity contribution is 5.94. The van der Waals surface area contributed by atoms with Crippen LogP contribution in [0.5, 0.6) is 5.75 Å². The number of aromatic nitrogens is 2. The van der Waals surface area contributed by atoms with Gasteiger partial charge in [-0.25, -0.2) is 4.98 Å². The lowest BCUT2D eigenvalue weighted by molar-refractivity contribution is -0.134. The molecule has 8 heteroatoms. The van der Waals surface area contributed by atoms with E-state index in [-0.39, 0.29) is 17.9 Å². The van der Waals surface area contributed by atoms with Crippen LogP contribution in [0.3, 0.4) is 0 Å². The number of carbonyl (C=O) groups excluding carboxylic acids is 2. The lowest BCUT2D eigenvalue weighted by Gasteiger charge is -2.33. The van der Waals surface area contributed by atoms with Crippen molar-refractivity contribution >= 4 is 17.5 Å². The van der Waals surface area contributed by atoms with Crippen molar-refractivity contribution in [2.45, 2.75) is 44.8 Å². The highest BCUT2D eigenvalue weighted by Gasteiger charge is 2.26. The molecule has 8 nitrogen and oxygen atoms in total. The number of nitrogens with zero attached hydrogens (tertiary/aromatic N) is 3. The van der Waals surface area contributed by atoms with Crippen molar-refractivity contribution in [3.05, 3.63) is 66.1 Å². The molecule has 184 valence electrons. The molecule has 2 saturated heterocycles. The Hall–Kier alpha value is -3.39. The average molecular weight is 477 g/mol. The van der Waals surface area contributed by atoms with Gasteiger partial charge in [0, 0.05) is 76.3 Å². The quantitative estimate of drug-likeness (QED) is 0.565. The van der Waals surface area contributed by atoms with E-state index in [4.69, 9.17) is 9.47 Å². The smallest absolute Gasteiger partial charge is 0.251 e. The largest absolute Gasteiger partial charge is 0.490 e. The van der Waals surface area contributed by atoms with Crippen LogP contribution in [0.25, 0.3) is 5.65 Å². The van der Waals surface area contributed by atoms with Gasteiger partial charge in [0.25, 0.3) is 5.91 Å². The van der Waals surface area contributed by atoms with E-state index >= 15 is 0 Å². The van der Waals surface area contributed by atoms with Crippen LogP contribution in [0, 0.1) is 5.92 Å². The molecule has 0 radical (unpaired) electrons. The molecule has 2 aliphatic heterocycles. The predicted molar refractivity (Wildman–Crippen MR) is 131 cm³/mol. The Morgan fingerprint density at radius 3 is 2.57 bits per heavy atom. The number of benzene rings is 1. The van der Waals surface area contributed by atoms with E-state index in [9.17, 15) is 9.59 Å². The summed E-state index contributed by atoms with van der Waals surface area (Å²) < 4.78 is 13.5. The molecule has 5 rings (SSSR count). The summed E-state index contributed by atoms with van der Waals surface area (Å²) in [5, 5.41) is 2.96. The third kappa shape index (κ3) is 6.00. The van der Waals surface area contributed by atoms with Crippen LogP contribution >= 0.6 is 0 Å². The molecule has 0 saturated carbocycles. The molecule has 1 N–H and O–H groups in total. The topological polar surface area (TPSA) is 85.2 Å². The SMILES string of the molecule is O=C(NCc1ccn2ccnc2c1)c1ccc(OC2CCN(C(=O)CC3CCOCC3)CC2)cc1. The molecule has 2 fully saturated rings. The van der Waals surface area contributed by atoms with Crippen LogP contribution in [0.15, 0.2) is 55.0 Å². The fourth-order valence-electron chi connectivity index (χ4n) is 4.77. The van der Waals surface area contributed by atoms with Crippen molar-refractivity contribution in [2.75, 3.05) is 26.3 Å². The minimum atomic E-state index is -0.129. The van der Waals surface area contributed by atoms with E-state index in [0.717, 1.165) is 68.9 Å². The standard InChI is InChI=1S/C27H32N4O4/c32-26(18-20-8-15-34-16-9-20)31-12-6-24(7-13-31)35-23-3-1-22(2-4-23)27(33)29-19-21-5-11-30-14-10-28-25(30)17-21/h1-5,10-11,14,17,20,24H,6-9,12-13,15-16,18-19H2,(H,29,33). The van der Waals surface area contributed by atoms with Gasteiger partial charge in [-0.3, -0.25) is 9.59 Å². The Labute approximate surface area is 205 Å². The van der Waals surface area contributed by atoms with Crippen LogP contribution in [0.4, 0.5) is 0 Å². The number of nitrogens with one attached hydrogen (secondary N) is 1. The summed E-state index contributed by atoms with van der Waals surface area (Å²) in [6.45, 7) is 3.45. The number of carbonyl (C=O) groups is 2. The Morgan fingerprint density at radius 2 is 1.80 bits per heavy atom. The first-order valence-corrected chi connectivity index (χ1v) is 12.5. The van der Waals surface area contributed by atoms with Gasteiger partial charge in [-0.05, 0) is 60.7 Å². The summed E-state index contributed by atoms with van der Waals surface area (Å²) in [6, 6.07) is 11.2. The number of hydrogen-bond donors (Lipinski definition) is 1. The van der Waals surface area contributed by atoms with E-state index in [2.05, 4.69) is 10.3 Å². The minimum Gasteiger partial charge on any atom is -0.490 e. The van der Waals surface area contributed by atoms with E-state index in [0.29, 0.717) is 24.4 Å². The van der Waals surface area contributed by atoms with Crippen molar-refractivity contribution in [3.8, 4) is 5.75 Å². The minimum absolute atomic E-state index is 0.0828. The Bertz CT molecular complexity index is 1150. The van der Waals surface area contributed by atoms with Crippen molar-refractivity contribution < 1.29 is 19.1 Å². The Kier molecular flexibility index (Phi) is 7.28. The first kappa shape index (κ1) is 23.4. The second kappa shape index (κ2) is 10.9. The summed E-state index contributed by atoms with van der Waals surface area (Å²) in [7, 11) is 0. The third-order valence-electron chi connectivity index (χ3n) is 6.93. The number of ether oxygens (including phenoxy) is 2. The Morgan fingerprint density at radius 1 is 1.03 bits per heavy atom. The molecule has 0 unspecified atom stereocenters. The van der Waals surface area contributed by atoms with Crippen LogP contribution in [0.2, 0.25) is 0 Å². The number of imidazole rings is 1. The number of pyridine rings is 1. The maximum atomic E-state index is 12.6. The van der Waals surface area contributed by atoms with Crippen molar-refractivity contribution in [2.24, 2.45) is 5.92 Å². The van der Waals surface area contributed by atoms with E-state index in [1.165, 1.54) is 0 Å². The van der Waals surface area contributed by atoms with Crippen molar-refractivity contribution in [3.63, 3.8) is 0 Å². The molecule has 2 amide bonds. The normalized spacial score (nSPS) is 17.4. The molecule has 4 heterocycles.